The van der Waals surface area contributed by atoms with Crippen molar-refractivity contribution in [3.8, 4) is 0 Å². The Morgan fingerprint density at radius 2 is 1.89 bits per heavy atom. The molecule has 2 rings (SSSR count). The molecule has 0 radical (unpaired) electrons. The normalized spacial score (nSPS) is 14.3. The predicted molar refractivity (Wildman–Crippen MR) is 81.8 cm³/mol. The molecule has 2 atom stereocenters. The highest BCUT2D eigenvalue weighted by Crippen LogP contribution is 2.30. The highest BCUT2D eigenvalue weighted by molar-refractivity contribution is 7.16. The van der Waals surface area contributed by atoms with Crippen molar-refractivity contribution in [3.63, 3.8) is 0 Å². The summed E-state index contributed by atoms with van der Waals surface area (Å²) in [6, 6.07) is 14.2. The molecule has 2 unspecified atom stereocenters. The van der Waals surface area contributed by atoms with Crippen molar-refractivity contribution in [2.45, 2.75) is 25.4 Å². The summed E-state index contributed by atoms with van der Waals surface area (Å²) in [5.74, 6) is 0. The van der Waals surface area contributed by atoms with E-state index in [1.54, 1.807) is 11.3 Å². The summed E-state index contributed by atoms with van der Waals surface area (Å²) in [4.78, 5) is 1.21. The fourth-order valence-corrected chi connectivity index (χ4v) is 3.30. The standard InChI is InChI=1S/C15H18ClNOS/c1-2-12(14-8-9-15(16)19-14)17-13(10-18)11-6-4-3-5-7-11/h3-9,12-13,17-18H,2,10H2,1H3. The van der Waals surface area contributed by atoms with Crippen LogP contribution in [0.4, 0.5) is 0 Å². The van der Waals surface area contributed by atoms with Gasteiger partial charge in [-0.3, -0.25) is 0 Å². The van der Waals surface area contributed by atoms with E-state index in [1.165, 1.54) is 4.88 Å². The van der Waals surface area contributed by atoms with Gasteiger partial charge in [0.25, 0.3) is 0 Å². The molecule has 0 spiro atoms. The average molecular weight is 296 g/mol. The van der Waals surface area contributed by atoms with Crippen molar-refractivity contribution in [2.24, 2.45) is 0 Å². The molecule has 0 aliphatic carbocycles. The van der Waals surface area contributed by atoms with E-state index in [9.17, 15) is 5.11 Å². The fraction of sp³-hybridized carbons (Fsp3) is 0.333. The second-order valence-electron chi connectivity index (χ2n) is 4.42. The lowest BCUT2D eigenvalue weighted by Gasteiger charge is -2.23. The summed E-state index contributed by atoms with van der Waals surface area (Å²) in [6.45, 7) is 2.21. The van der Waals surface area contributed by atoms with E-state index in [4.69, 9.17) is 11.6 Å². The second-order valence-corrected chi connectivity index (χ2v) is 6.16. The van der Waals surface area contributed by atoms with E-state index in [1.807, 2.05) is 42.5 Å². The Kier molecular flexibility index (Phi) is 5.40. The first-order chi connectivity index (χ1) is 9.24. The number of rotatable bonds is 6. The van der Waals surface area contributed by atoms with Gasteiger partial charge in [-0.15, -0.1) is 11.3 Å². The SMILES string of the molecule is CCC(NC(CO)c1ccccc1)c1ccc(Cl)s1. The smallest absolute Gasteiger partial charge is 0.0931 e. The van der Waals surface area contributed by atoms with Gasteiger partial charge in [-0.05, 0) is 24.1 Å². The van der Waals surface area contributed by atoms with Gasteiger partial charge in [-0.1, -0.05) is 48.9 Å². The summed E-state index contributed by atoms with van der Waals surface area (Å²) in [7, 11) is 0. The highest BCUT2D eigenvalue weighted by atomic mass is 35.5. The summed E-state index contributed by atoms with van der Waals surface area (Å²) in [6.07, 6.45) is 0.959. The monoisotopic (exact) mass is 295 g/mol. The van der Waals surface area contributed by atoms with Crippen LogP contribution in [0.1, 0.15) is 35.9 Å². The summed E-state index contributed by atoms with van der Waals surface area (Å²) < 4.78 is 0.801. The van der Waals surface area contributed by atoms with Crippen molar-refractivity contribution >= 4 is 22.9 Å². The van der Waals surface area contributed by atoms with Crippen LogP contribution in [0.25, 0.3) is 0 Å². The van der Waals surface area contributed by atoms with Gasteiger partial charge >= 0.3 is 0 Å². The van der Waals surface area contributed by atoms with Crippen LogP contribution in [0.5, 0.6) is 0 Å². The highest BCUT2D eigenvalue weighted by Gasteiger charge is 2.17. The van der Waals surface area contributed by atoms with Gasteiger partial charge in [0.2, 0.25) is 0 Å². The van der Waals surface area contributed by atoms with Gasteiger partial charge < -0.3 is 10.4 Å². The van der Waals surface area contributed by atoms with E-state index >= 15 is 0 Å². The van der Waals surface area contributed by atoms with Crippen molar-refractivity contribution < 1.29 is 5.11 Å². The third kappa shape index (κ3) is 3.80. The lowest BCUT2D eigenvalue weighted by atomic mass is 10.1. The van der Waals surface area contributed by atoms with E-state index < -0.39 is 0 Å². The molecule has 2 aromatic rings. The predicted octanol–water partition coefficient (Wildman–Crippen LogP) is 4.18. The maximum absolute atomic E-state index is 9.59. The Bertz CT molecular complexity index is 500. The molecule has 1 heterocycles. The van der Waals surface area contributed by atoms with Crippen LogP contribution in [0.2, 0.25) is 4.34 Å². The molecule has 0 aliphatic heterocycles. The molecule has 102 valence electrons. The fourth-order valence-electron chi connectivity index (χ4n) is 2.10. The number of thiophene rings is 1. The Hall–Kier alpha value is -0.870. The van der Waals surface area contributed by atoms with Gasteiger partial charge in [-0.2, -0.15) is 0 Å². The minimum Gasteiger partial charge on any atom is -0.394 e. The van der Waals surface area contributed by atoms with Gasteiger partial charge in [0.1, 0.15) is 0 Å². The van der Waals surface area contributed by atoms with Crippen molar-refractivity contribution in [1.29, 1.82) is 0 Å². The molecule has 0 aliphatic rings. The Morgan fingerprint density at radius 3 is 2.42 bits per heavy atom. The zero-order valence-corrected chi connectivity index (χ0v) is 12.4. The van der Waals surface area contributed by atoms with Crippen molar-refractivity contribution in [1.82, 2.24) is 5.32 Å². The van der Waals surface area contributed by atoms with Gasteiger partial charge in [0, 0.05) is 10.9 Å². The molecule has 2 N–H and O–H groups in total. The van der Waals surface area contributed by atoms with Gasteiger partial charge in [0.15, 0.2) is 0 Å². The van der Waals surface area contributed by atoms with E-state index in [0.29, 0.717) is 0 Å². The zero-order valence-electron chi connectivity index (χ0n) is 10.8. The molecule has 1 aromatic carbocycles. The number of nitrogens with one attached hydrogen (secondary N) is 1. The first-order valence-corrected chi connectivity index (χ1v) is 7.61. The maximum Gasteiger partial charge on any atom is 0.0931 e. The number of aliphatic hydroxyl groups is 1. The summed E-state index contributed by atoms with van der Waals surface area (Å²) in [5.41, 5.74) is 1.10. The van der Waals surface area contributed by atoms with Crippen LogP contribution in [0, 0.1) is 0 Å². The van der Waals surface area contributed by atoms with Crippen molar-refractivity contribution in [2.75, 3.05) is 6.61 Å². The molecular formula is C15H18ClNOS. The number of hydrogen-bond donors (Lipinski definition) is 2. The van der Waals surface area contributed by atoms with Gasteiger partial charge in [-0.25, -0.2) is 0 Å². The lowest BCUT2D eigenvalue weighted by molar-refractivity contribution is 0.232. The maximum atomic E-state index is 9.59. The van der Waals surface area contributed by atoms with Gasteiger partial charge in [0.05, 0.1) is 17.0 Å². The minimum absolute atomic E-state index is 0.0491. The third-order valence-corrected chi connectivity index (χ3v) is 4.48. The molecule has 0 bridgehead atoms. The molecular weight excluding hydrogens is 278 g/mol. The first kappa shape index (κ1) is 14.5. The van der Waals surface area contributed by atoms with Crippen molar-refractivity contribution in [3.05, 3.63) is 57.2 Å². The average Bonchev–Trinajstić information content (AvgIpc) is 2.88. The van der Waals surface area contributed by atoms with E-state index in [2.05, 4.69) is 12.2 Å². The van der Waals surface area contributed by atoms with Crippen LogP contribution in [-0.2, 0) is 0 Å². The largest absolute Gasteiger partial charge is 0.394 e. The molecule has 2 nitrogen and oxygen atoms in total. The Morgan fingerprint density at radius 1 is 1.16 bits per heavy atom. The lowest BCUT2D eigenvalue weighted by Crippen LogP contribution is -2.28. The molecule has 0 amide bonds. The van der Waals surface area contributed by atoms with Crippen LogP contribution in [0.3, 0.4) is 0 Å². The molecule has 0 fully saturated rings. The van der Waals surface area contributed by atoms with Crippen LogP contribution in [-0.4, -0.2) is 11.7 Å². The molecule has 19 heavy (non-hydrogen) atoms. The van der Waals surface area contributed by atoms with E-state index in [-0.39, 0.29) is 18.7 Å². The first-order valence-electron chi connectivity index (χ1n) is 6.41. The molecule has 4 heteroatoms. The molecule has 1 aromatic heterocycles. The molecule has 0 saturated heterocycles. The summed E-state index contributed by atoms with van der Waals surface area (Å²) >= 11 is 7.58. The van der Waals surface area contributed by atoms with Crippen LogP contribution in [0.15, 0.2) is 42.5 Å². The number of aliphatic hydroxyl groups excluding tert-OH is 1. The number of halogens is 1. The third-order valence-electron chi connectivity index (χ3n) is 3.13. The topological polar surface area (TPSA) is 32.3 Å². The van der Waals surface area contributed by atoms with Crippen LogP contribution >= 0.6 is 22.9 Å². The molecule has 0 saturated carbocycles. The van der Waals surface area contributed by atoms with Crippen LogP contribution < -0.4 is 5.32 Å². The quantitative estimate of drug-likeness (QED) is 0.838. The number of benzene rings is 1. The van der Waals surface area contributed by atoms with E-state index in [0.717, 1.165) is 16.3 Å². The Labute approximate surface area is 123 Å². The summed E-state index contributed by atoms with van der Waals surface area (Å²) in [5, 5.41) is 13.1. The Balaban J connectivity index is 2.12. The number of hydrogen-bond acceptors (Lipinski definition) is 3. The second kappa shape index (κ2) is 7.06. The minimum atomic E-state index is -0.0491. The zero-order chi connectivity index (χ0) is 13.7.